The zero-order valence-corrected chi connectivity index (χ0v) is 12.3. The van der Waals surface area contributed by atoms with E-state index in [4.69, 9.17) is 0 Å². The minimum atomic E-state index is 0.549. The van der Waals surface area contributed by atoms with E-state index in [0.29, 0.717) is 5.41 Å². The standard InChI is InChI=1S/C14H30S/c1-6-8-11-14(4,5)13(3)10-9-12-15-7-2/h13H,6-12H2,1-5H3. The summed E-state index contributed by atoms with van der Waals surface area (Å²) < 4.78 is 0. The van der Waals surface area contributed by atoms with E-state index in [2.05, 4.69) is 46.4 Å². The maximum absolute atomic E-state index is 2.44. The van der Waals surface area contributed by atoms with Gasteiger partial charge in [-0.15, -0.1) is 0 Å². The minimum Gasteiger partial charge on any atom is -0.162 e. The van der Waals surface area contributed by atoms with Crippen molar-refractivity contribution >= 4 is 11.8 Å². The van der Waals surface area contributed by atoms with Crippen LogP contribution in [0, 0.1) is 11.3 Å². The third-order valence-electron chi connectivity index (χ3n) is 3.64. The smallest absolute Gasteiger partial charge is 0.00675 e. The molecule has 0 aromatic heterocycles. The van der Waals surface area contributed by atoms with Gasteiger partial charge >= 0.3 is 0 Å². The lowest BCUT2D eigenvalue weighted by Gasteiger charge is -2.32. The number of rotatable bonds is 9. The molecule has 0 radical (unpaired) electrons. The van der Waals surface area contributed by atoms with E-state index in [0.717, 1.165) is 5.92 Å². The average Bonchev–Trinajstić information content (AvgIpc) is 2.21. The van der Waals surface area contributed by atoms with Crippen molar-refractivity contribution in [1.29, 1.82) is 0 Å². The highest BCUT2D eigenvalue weighted by Gasteiger charge is 2.24. The van der Waals surface area contributed by atoms with Crippen molar-refractivity contribution in [2.75, 3.05) is 11.5 Å². The number of hydrogen-bond donors (Lipinski definition) is 0. The molecule has 0 aromatic rings. The lowest BCUT2D eigenvalue weighted by molar-refractivity contribution is 0.194. The second kappa shape index (κ2) is 8.50. The van der Waals surface area contributed by atoms with Crippen LogP contribution in [0.1, 0.15) is 66.7 Å². The van der Waals surface area contributed by atoms with Crippen molar-refractivity contribution in [3.8, 4) is 0 Å². The zero-order valence-electron chi connectivity index (χ0n) is 11.4. The van der Waals surface area contributed by atoms with Crippen LogP contribution < -0.4 is 0 Å². The molecule has 0 amide bonds. The van der Waals surface area contributed by atoms with Gasteiger partial charge in [-0.2, -0.15) is 11.8 Å². The van der Waals surface area contributed by atoms with E-state index >= 15 is 0 Å². The average molecular weight is 230 g/mol. The molecule has 1 atom stereocenters. The van der Waals surface area contributed by atoms with Gasteiger partial charge in [0.15, 0.2) is 0 Å². The van der Waals surface area contributed by atoms with Crippen molar-refractivity contribution in [2.45, 2.75) is 66.7 Å². The second-order valence-electron chi connectivity index (χ2n) is 5.33. The molecule has 0 saturated carbocycles. The lowest BCUT2D eigenvalue weighted by Crippen LogP contribution is -2.21. The van der Waals surface area contributed by atoms with Crippen LogP contribution in [0.25, 0.3) is 0 Å². The Morgan fingerprint density at radius 3 is 2.33 bits per heavy atom. The van der Waals surface area contributed by atoms with E-state index in [1.165, 1.54) is 43.6 Å². The van der Waals surface area contributed by atoms with Crippen molar-refractivity contribution < 1.29 is 0 Å². The van der Waals surface area contributed by atoms with Gasteiger partial charge < -0.3 is 0 Å². The molecule has 0 aromatic carbocycles. The molecule has 1 unspecified atom stereocenters. The van der Waals surface area contributed by atoms with E-state index in [-0.39, 0.29) is 0 Å². The molecule has 0 nitrogen and oxygen atoms in total. The summed E-state index contributed by atoms with van der Waals surface area (Å²) in [6.45, 7) is 11.9. The summed E-state index contributed by atoms with van der Waals surface area (Å²) in [6.07, 6.45) is 6.92. The molecule has 0 N–H and O–H groups in total. The van der Waals surface area contributed by atoms with E-state index < -0.39 is 0 Å². The second-order valence-corrected chi connectivity index (χ2v) is 6.73. The number of unbranched alkanes of at least 4 members (excludes halogenated alkanes) is 1. The SMILES string of the molecule is CCCCC(C)(C)C(C)CCCSCC. The van der Waals surface area contributed by atoms with Crippen LogP contribution in [-0.2, 0) is 0 Å². The molecule has 0 aliphatic rings. The van der Waals surface area contributed by atoms with Crippen molar-refractivity contribution in [3.63, 3.8) is 0 Å². The molecule has 92 valence electrons. The Labute approximate surface area is 102 Å². The Bertz CT molecular complexity index is 140. The number of hydrogen-bond acceptors (Lipinski definition) is 1. The Morgan fingerprint density at radius 1 is 1.13 bits per heavy atom. The Balaban J connectivity index is 3.70. The fourth-order valence-electron chi connectivity index (χ4n) is 1.91. The first-order valence-electron chi connectivity index (χ1n) is 6.62. The summed E-state index contributed by atoms with van der Waals surface area (Å²) in [5, 5.41) is 0. The Kier molecular flexibility index (Phi) is 8.69. The van der Waals surface area contributed by atoms with Gasteiger partial charge in [-0.3, -0.25) is 0 Å². The van der Waals surface area contributed by atoms with Crippen molar-refractivity contribution in [2.24, 2.45) is 11.3 Å². The highest BCUT2D eigenvalue weighted by atomic mass is 32.2. The molecular weight excluding hydrogens is 200 g/mol. The van der Waals surface area contributed by atoms with Crippen LogP contribution in [0.15, 0.2) is 0 Å². The summed E-state index contributed by atoms with van der Waals surface area (Å²) in [4.78, 5) is 0. The van der Waals surface area contributed by atoms with Gasteiger partial charge in [0, 0.05) is 0 Å². The lowest BCUT2D eigenvalue weighted by atomic mass is 9.74. The van der Waals surface area contributed by atoms with E-state index in [1.54, 1.807) is 0 Å². The van der Waals surface area contributed by atoms with Crippen molar-refractivity contribution in [3.05, 3.63) is 0 Å². The third-order valence-corrected chi connectivity index (χ3v) is 4.62. The summed E-state index contributed by atoms with van der Waals surface area (Å²) in [7, 11) is 0. The van der Waals surface area contributed by atoms with Gasteiger partial charge in [0.25, 0.3) is 0 Å². The Morgan fingerprint density at radius 2 is 1.80 bits per heavy atom. The maximum atomic E-state index is 2.44. The van der Waals surface area contributed by atoms with Crippen LogP contribution in [0.4, 0.5) is 0 Å². The molecule has 0 rings (SSSR count). The van der Waals surface area contributed by atoms with Crippen LogP contribution >= 0.6 is 11.8 Å². The molecule has 0 spiro atoms. The van der Waals surface area contributed by atoms with Crippen LogP contribution in [0.2, 0.25) is 0 Å². The molecule has 0 aliphatic heterocycles. The van der Waals surface area contributed by atoms with Gasteiger partial charge in [0.2, 0.25) is 0 Å². The molecular formula is C14H30S. The summed E-state index contributed by atoms with van der Waals surface area (Å²) in [5.41, 5.74) is 0.549. The predicted octanol–water partition coefficient (Wildman–Crippen LogP) is 5.37. The molecule has 0 heterocycles. The Hall–Kier alpha value is 0.350. The molecule has 15 heavy (non-hydrogen) atoms. The largest absolute Gasteiger partial charge is 0.162 e. The van der Waals surface area contributed by atoms with Gasteiger partial charge in [-0.05, 0) is 42.1 Å². The molecule has 0 bridgehead atoms. The van der Waals surface area contributed by atoms with Crippen LogP contribution in [0.3, 0.4) is 0 Å². The van der Waals surface area contributed by atoms with Crippen molar-refractivity contribution in [1.82, 2.24) is 0 Å². The summed E-state index contributed by atoms with van der Waals surface area (Å²) in [5.74, 6) is 3.50. The fraction of sp³-hybridized carbons (Fsp3) is 1.00. The topological polar surface area (TPSA) is 0 Å². The first-order valence-corrected chi connectivity index (χ1v) is 7.77. The van der Waals surface area contributed by atoms with Gasteiger partial charge in [0.05, 0.1) is 0 Å². The third kappa shape index (κ3) is 7.27. The highest BCUT2D eigenvalue weighted by Crippen LogP contribution is 2.35. The quantitative estimate of drug-likeness (QED) is 0.480. The monoisotopic (exact) mass is 230 g/mol. The zero-order chi connectivity index (χ0) is 11.7. The normalized spacial score (nSPS) is 14.2. The van der Waals surface area contributed by atoms with E-state index in [9.17, 15) is 0 Å². The van der Waals surface area contributed by atoms with Crippen LogP contribution in [0.5, 0.6) is 0 Å². The van der Waals surface area contributed by atoms with Gasteiger partial charge in [-0.25, -0.2) is 0 Å². The molecule has 1 heteroatoms. The summed E-state index contributed by atoms with van der Waals surface area (Å²) >= 11 is 2.08. The van der Waals surface area contributed by atoms with Gasteiger partial charge in [0.1, 0.15) is 0 Å². The first kappa shape index (κ1) is 15.3. The first-order chi connectivity index (χ1) is 7.04. The molecule has 0 aliphatic carbocycles. The molecule has 0 saturated heterocycles. The fourth-order valence-corrected chi connectivity index (χ4v) is 2.56. The highest BCUT2D eigenvalue weighted by molar-refractivity contribution is 7.99. The predicted molar refractivity (Wildman–Crippen MR) is 74.7 cm³/mol. The van der Waals surface area contributed by atoms with Gasteiger partial charge in [-0.1, -0.05) is 47.5 Å². The van der Waals surface area contributed by atoms with Crippen LogP contribution in [-0.4, -0.2) is 11.5 Å². The minimum absolute atomic E-state index is 0.549. The molecule has 0 fully saturated rings. The maximum Gasteiger partial charge on any atom is -0.00675 e. The number of thioether (sulfide) groups is 1. The van der Waals surface area contributed by atoms with E-state index in [1.807, 2.05) is 0 Å². The summed E-state index contributed by atoms with van der Waals surface area (Å²) in [6, 6.07) is 0.